The Balaban J connectivity index is 1.72. The molecule has 0 radical (unpaired) electrons. The summed E-state index contributed by atoms with van der Waals surface area (Å²) < 4.78 is 0. The molecule has 0 unspecified atom stereocenters. The number of rotatable bonds is 9. The maximum absolute atomic E-state index is 11.1. The SMILES string of the molecule is CCN(CC)c1ccc(/C=N/c2nc(-c3ccc([N+](=O)[O-])cc3)c(-c3ccc([N+](=O)[O-])cc3)s2)c(O)c1. The van der Waals surface area contributed by atoms with Crippen LogP contribution < -0.4 is 4.90 Å². The minimum absolute atomic E-state index is 0.0352. The maximum atomic E-state index is 11.1. The van der Waals surface area contributed by atoms with Gasteiger partial charge in [-0.25, -0.2) is 9.98 Å². The molecule has 4 rings (SSSR count). The molecule has 0 aliphatic heterocycles. The van der Waals surface area contributed by atoms with Crippen molar-refractivity contribution in [2.75, 3.05) is 18.0 Å². The maximum Gasteiger partial charge on any atom is 0.269 e. The monoisotopic (exact) mass is 517 g/mol. The third kappa shape index (κ3) is 5.62. The molecule has 10 nitrogen and oxygen atoms in total. The summed E-state index contributed by atoms with van der Waals surface area (Å²) in [5, 5.41) is 33.0. The number of benzene rings is 3. The largest absolute Gasteiger partial charge is 0.507 e. The third-order valence-electron chi connectivity index (χ3n) is 5.76. The molecule has 0 saturated heterocycles. The quantitative estimate of drug-likeness (QED) is 0.150. The van der Waals surface area contributed by atoms with Gasteiger partial charge in [-0.3, -0.25) is 20.2 Å². The molecule has 0 fully saturated rings. The summed E-state index contributed by atoms with van der Waals surface area (Å²) in [7, 11) is 0. The number of aromatic hydroxyl groups is 1. The van der Waals surface area contributed by atoms with Crippen molar-refractivity contribution in [3.8, 4) is 27.4 Å². The highest BCUT2D eigenvalue weighted by Crippen LogP contribution is 2.41. The minimum atomic E-state index is -0.476. The van der Waals surface area contributed by atoms with Crippen LogP contribution in [0.25, 0.3) is 21.7 Å². The number of phenols is 1. The van der Waals surface area contributed by atoms with Gasteiger partial charge in [0.2, 0.25) is 5.13 Å². The molecule has 0 bridgehead atoms. The van der Waals surface area contributed by atoms with Crippen LogP contribution in [0.4, 0.5) is 22.2 Å². The summed E-state index contributed by atoms with van der Waals surface area (Å²) in [4.78, 5) is 33.1. The number of anilines is 1. The van der Waals surface area contributed by atoms with E-state index in [4.69, 9.17) is 0 Å². The normalized spacial score (nSPS) is 11.1. The van der Waals surface area contributed by atoms with Crippen molar-refractivity contribution < 1.29 is 15.0 Å². The smallest absolute Gasteiger partial charge is 0.269 e. The Labute approximate surface area is 216 Å². The predicted molar refractivity (Wildman–Crippen MR) is 145 cm³/mol. The summed E-state index contributed by atoms with van der Waals surface area (Å²) in [6.07, 6.45) is 1.53. The highest BCUT2D eigenvalue weighted by molar-refractivity contribution is 7.19. The second kappa shape index (κ2) is 11.0. The summed E-state index contributed by atoms with van der Waals surface area (Å²) in [5.41, 5.74) is 3.24. The zero-order valence-electron chi connectivity index (χ0n) is 20.1. The molecule has 11 heteroatoms. The average molecular weight is 518 g/mol. The van der Waals surface area contributed by atoms with Crippen LogP contribution >= 0.6 is 11.3 Å². The van der Waals surface area contributed by atoms with Crippen LogP contribution in [0.1, 0.15) is 19.4 Å². The van der Waals surface area contributed by atoms with E-state index in [-0.39, 0.29) is 17.1 Å². The Hall–Kier alpha value is -4.64. The van der Waals surface area contributed by atoms with E-state index in [2.05, 4.69) is 14.9 Å². The van der Waals surface area contributed by atoms with E-state index >= 15 is 0 Å². The van der Waals surface area contributed by atoms with Crippen molar-refractivity contribution in [2.24, 2.45) is 4.99 Å². The van der Waals surface area contributed by atoms with Gasteiger partial charge in [0.15, 0.2) is 0 Å². The molecule has 0 amide bonds. The molecule has 1 heterocycles. The van der Waals surface area contributed by atoms with Crippen molar-refractivity contribution in [1.82, 2.24) is 4.98 Å². The summed E-state index contributed by atoms with van der Waals surface area (Å²) in [6.45, 7) is 5.73. The van der Waals surface area contributed by atoms with Gasteiger partial charge in [0.05, 0.1) is 20.4 Å². The van der Waals surface area contributed by atoms with Gasteiger partial charge in [0.25, 0.3) is 11.4 Å². The van der Waals surface area contributed by atoms with E-state index < -0.39 is 9.85 Å². The number of aromatic nitrogens is 1. The molecule has 188 valence electrons. The summed E-state index contributed by atoms with van der Waals surface area (Å²) in [5.74, 6) is 0.0934. The lowest BCUT2D eigenvalue weighted by Crippen LogP contribution is -2.21. The molecule has 37 heavy (non-hydrogen) atoms. The summed E-state index contributed by atoms with van der Waals surface area (Å²) in [6, 6.07) is 17.5. The van der Waals surface area contributed by atoms with Crippen molar-refractivity contribution in [1.29, 1.82) is 0 Å². The molecule has 0 aliphatic rings. The molecule has 0 atom stereocenters. The van der Waals surface area contributed by atoms with Crippen LogP contribution in [0.3, 0.4) is 0 Å². The molecule has 1 aromatic heterocycles. The number of aliphatic imine (C=N–C) groups is 1. The first-order chi connectivity index (χ1) is 17.8. The standard InChI is InChI=1S/C26H23N5O5S/c1-3-29(4-2)22-14-9-19(23(32)15-22)16-27-26-28-24(17-5-10-20(11-6-17)30(33)34)25(37-26)18-7-12-21(13-8-18)31(35)36/h5-16,32H,3-4H2,1-2H3/b27-16+. The second-order valence-electron chi connectivity index (χ2n) is 7.96. The van der Waals surface area contributed by atoms with E-state index in [1.54, 1.807) is 36.4 Å². The first-order valence-electron chi connectivity index (χ1n) is 11.4. The minimum Gasteiger partial charge on any atom is -0.507 e. The number of phenolic OH excluding ortho intramolecular Hbond substituents is 1. The van der Waals surface area contributed by atoms with Crippen molar-refractivity contribution in [3.05, 3.63) is 92.5 Å². The number of thiazole rings is 1. The van der Waals surface area contributed by atoms with E-state index in [1.165, 1.54) is 41.8 Å². The van der Waals surface area contributed by atoms with Gasteiger partial charge >= 0.3 is 0 Å². The molecule has 0 aliphatic carbocycles. The fraction of sp³-hybridized carbons (Fsp3) is 0.154. The molecule has 3 aromatic carbocycles. The predicted octanol–water partition coefficient (Wildman–Crippen LogP) is 6.60. The lowest BCUT2D eigenvalue weighted by molar-refractivity contribution is -0.385. The first-order valence-corrected chi connectivity index (χ1v) is 12.2. The Morgan fingerprint density at radius 3 is 2.00 bits per heavy atom. The van der Waals surface area contributed by atoms with Crippen LogP contribution in [-0.4, -0.2) is 39.2 Å². The van der Waals surface area contributed by atoms with Gasteiger partial charge in [-0.05, 0) is 55.8 Å². The molecule has 4 aromatic rings. The van der Waals surface area contributed by atoms with Gasteiger partial charge in [0, 0.05) is 66.5 Å². The van der Waals surface area contributed by atoms with Crippen molar-refractivity contribution in [2.45, 2.75) is 13.8 Å². The number of non-ortho nitro benzene ring substituents is 2. The van der Waals surface area contributed by atoms with Crippen LogP contribution in [0.2, 0.25) is 0 Å². The number of hydrogen-bond acceptors (Lipinski definition) is 9. The van der Waals surface area contributed by atoms with Gasteiger partial charge in [-0.1, -0.05) is 11.3 Å². The number of nitro benzene ring substituents is 2. The number of nitro groups is 2. The number of hydrogen-bond donors (Lipinski definition) is 1. The Kier molecular flexibility index (Phi) is 7.54. The first kappa shape index (κ1) is 25.5. The third-order valence-corrected chi connectivity index (χ3v) is 6.78. The topological polar surface area (TPSA) is 135 Å². The molecule has 1 N–H and O–H groups in total. The molecular weight excluding hydrogens is 494 g/mol. The Morgan fingerprint density at radius 1 is 0.919 bits per heavy atom. The van der Waals surface area contributed by atoms with Crippen LogP contribution in [0.5, 0.6) is 5.75 Å². The zero-order chi connectivity index (χ0) is 26.5. The van der Waals surface area contributed by atoms with E-state index in [9.17, 15) is 25.3 Å². The second-order valence-corrected chi connectivity index (χ2v) is 8.93. The highest BCUT2D eigenvalue weighted by Gasteiger charge is 2.17. The van der Waals surface area contributed by atoms with Crippen molar-refractivity contribution in [3.63, 3.8) is 0 Å². The average Bonchev–Trinajstić information content (AvgIpc) is 3.33. The molecule has 0 saturated carbocycles. The van der Waals surface area contributed by atoms with Crippen molar-refractivity contribution >= 4 is 39.7 Å². The molecular formula is C26H23N5O5S. The molecule has 0 spiro atoms. The van der Waals surface area contributed by atoms with Gasteiger partial charge in [0.1, 0.15) is 5.75 Å². The van der Waals surface area contributed by atoms with Crippen LogP contribution in [0, 0.1) is 20.2 Å². The van der Waals surface area contributed by atoms with E-state index in [1.807, 2.05) is 19.9 Å². The zero-order valence-corrected chi connectivity index (χ0v) is 20.9. The summed E-state index contributed by atoms with van der Waals surface area (Å²) >= 11 is 1.27. The van der Waals surface area contributed by atoms with E-state index in [0.717, 1.165) is 18.8 Å². The van der Waals surface area contributed by atoms with Gasteiger partial charge in [-0.2, -0.15) is 0 Å². The van der Waals surface area contributed by atoms with Crippen LogP contribution in [0.15, 0.2) is 71.7 Å². The van der Waals surface area contributed by atoms with Gasteiger partial charge < -0.3 is 10.0 Å². The van der Waals surface area contributed by atoms with Crippen LogP contribution in [-0.2, 0) is 0 Å². The highest BCUT2D eigenvalue weighted by atomic mass is 32.1. The van der Waals surface area contributed by atoms with Gasteiger partial charge in [-0.15, -0.1) is 0 Å². The fourth-order valence-electron chi connectivity index (χ4n) is 3.78. The Morgan fingerprint density at radius 2 is 1.49 bits per heavy atom. The Bertz CT molecular complexity index is 1390. The lowest BCUT2D eigenvalue weighted by atomic mass is 10.1. The lowest BCUT2D eigenvalue weighted by Gasteiger charge is -2.21. The number of nitrogens with zero attached hydrogens (tertiary/aromatic N) is 5. The fourth-order valence-corrected chi connectivity index (χ4v) is 4.72. The van der Waals surface area contributed by atoms with E-state index in [0.29, 0.717) is 32.4 Å².